The predicted octanol–water partition coefficient (Wildman–Crippen LogP) is 4.21. The Hall–Kier alpha value is -3.45. The fourth-order valence-corrected chi connectivity index (χ4v) is 4.29. The molecule has 7 heteroatoms. The van der Waals surface area contributed by atoms with Crippen LogP contribution in [-0.4, -0.2) is 30.7 Å². The molecule has 0 saturated carbocycles. The molecule has 1 aliphatic rings. The van der Waals surface area contributed by atoms with Gasteiger partial charge < -0.3 is 5.11 Å². The van der Waals surface area contributed by atoms with Gasteiger partial charge >= 0.3 is 5.97 Å². The van der Waals surface area contributed by atoms with Crippen LogP contribution in [0.15, 0.2) is 60.8 Å². The first kappa shape index (κ1) is 19.8. The number of hydrogen-bond donors (Lipinski definition) is 2. The number of aliphatic carboxylic acids is 1. The number of anilines is 1. The van der Waals surface area contributed by atoms with Gasteiger partial charge in [-0.05, 0) is 46.5 Å². The first-order valence-corrected chi connectivity index (χ1v) is 11.3. The number of fused-ring (bicyclic) bond motifs is 2. The topological polar surface area (TPSA) is 96.4 Å². The van der Waals surface area contributed by atoms with E-state index in [4.69, 9.17) is 0 Å². The Bertz CT molecular complexity index is 1250. The van der Waals surface area contributed by atoms with E-state index in [0.717, 1.165) is 34.1 Å². The monoisotopic (exact) mass is 420 g/mol. The molecular formula is C23H20N2O4S. The summed E-state index contributed by atoms with van der Waals surface area (Å²) in [5.74, 6) is -1.41. The second kappa shape index (κ2) is 7.76. The van der Waals surface area contributed by atoms with Gasteiger partial charge in [0.15, 0.2) is 0 Å². The number of sulfonamides is 1. The minimum atomic E-state index is -3.45. The van der Waals surface area contributed by atoms with Gasteiger partial charge in [-0.25, -0.2) is 8.42 Å². The zero-order valence-corrected chi connectivity index (χ0v) is 17.1. The van der Waals surface area contributed by atoms with Crippen molar-refractivity contribution in [2.24, 2.45) is 0 Å². The highest BCUT2D eigenvalue weighted by Gasteiger charge is 2.26. The zero-order valence-electron chi connectivity index (χ0n) is 16.2. The molecule has 2 N–H and O–H groups in total. The first-order valence-electron chi connectivity index (χ1n) is 9.37. The molecule has 0 aliphatic heterocycles. The van der Waals surface area contributed by atoms with Crippen molar-refractivity contribution in [1.29, 1.82) is 0 Å². The van der Waals surface area contributed by atoms with E-state index in [-0.39, 0.29) is 6.42 Å². The molecule has 0 amide bonds. The minimum Gasteiger partial charge on any atom is -0.481 e. The van der Waals surface area contributed by atoms with Gasteiger partial charge in [0.1, 0.15) is 0 Å². The van der Waals surface area contributed by atoms with E-state index in [9.17, 15) is 18.3 Å². The van der Waals surface area contributed by atoms with Crippen molar-refractivity contribution in [3.05, 3.63) is 83.2 Å². The van der Waals surface area contributed by atoms with Gasteiger partial charge in [0.05, 0.1) is 18.4 Å². The second-order valence-electron chi connectivity index (χ2n) is 7.27. The lowest BCUT2D eigenvalue weighted by Gasteiger charge is -2.20. The van der Waals surface area contributed by atoms with Crippen LogP contribution in [0.2, 0.25) is 0 Å². The molecule has 2 aromatic carbocycles. The number of rotatable bonds is 5. The zero-order chi connectivity index (χ0) is 21.3. The highest BCUT2D eigenvalue weighted by molar-refractivity contribution is 7.92. The van der Waals surface area contributed by atoms with Crippen molar-refractivity contribution in [2.45, 2.75) is 12.3 Å². The molecule has 0 fully saturated rings. The molecule has 1 aromatic heterocycles. The maximum absolute atomic E-state index is 11.7. The SMILES string of the molecule is CS(=O)(=O)Nc1ccc2c(c1)C(CC(=O)O)c1cc(-c3ccccc3)cnc1C=C2. The number of carbonyl (C=O) groups is 1. The average molecular weight is 420 g/mol. The van der Waals surface area contributed by atoms with E-state index < -0.39 is 21.9 Å². The van der Waals surface area contributed by atoms with Gasteiger partial charge in [0, 0.05) is 23.4 Å². The van der Waals surface area contributed by atoms with Gasteiger partial charge in [0.2, 0.25) is 10.0 Å². The van der Waals surface area contributed by atoms with Gasteiger partial charge in [-0.3, -0.25) is 14.5 Å². The summed E-state index contributed by atoms with van der Waals surface area (Å²) in [6.45, 7) is 0. The van der Waals surface area contributed by atoms with Crippen LogP contribution in [0, 0.1) is 0 Å². The van der Waals surface area contributed by atoms with E-state index in [1.54, 1.807) is 24.4 Å². The Morgan fingerprint density at radius 2 is 1.80 bits per heavy atom. The number of nitrogens with one attached hydrogen (secondary N) is 1. The lowest BCUT2D eigenvalue weighted by molar-refractivity contribution is -0.137. The summed E-state index contributed by atoms with van der Waals surface area (Å²) >= 11 is 0. The molecule has 0 bridgehead atoms. The molecule has 30 heavy (non-hydrogen) atoms. The molecule has 1 unspecified atom stereocenters. The molecule has 152 valence electrons. The lowest BCUT2D eigenvalue weighted by atomic mass is 9.85. The Morgan fingerprint density at radius 1 is 1.03 bits per heavy atom. The van der Waals surface area contributed by atoms with Crippen molar-refractivity contribution in [1.82, 2.24) is 4.98 Å². The Morgan fingerprint density at radius 3 is 2.50 bits per heavy atom. The average Bonchev–Trinajstić information content (AvgIpc) is 2.84. The third-order valence-corrected chi connectivity index (χ3v) is 5.60. The van der Waals surface area contributed by atoms with Crippen LogP contribution >= 0.6 is 0 Å². The molecule has 0 radical (unpaired) electrons. The fourth-order valence-electron chi connectivity index (χ4n) is 3.74. The standard InChI is InChI=1S/C23H20N2O4S/c1-30(28,29)25-18-9-7-16-8-10-22-21(20(13-23(26)27)19(16)12-18)11-17(14-24-22)15-5-3-2-4-6-15/h2-12,14,20,25H,13H2,1H3,(H,26,27). The summed E-state index contributed by atoms with van der Waals surface area (Å²) in [7, 11) is -3.45. The lowest BCUT2D eigenvalue weighted by Crippen LogP contribution is -2.13. The Labute approximate surface area is 175 Å². The molecule has 1 aliphatic carbocycles. The normalized spacial score (nSPS) is 15.0. The maximum atomic E-state index is 11.7. The molecular weight excluding hydrogens is 400 g/mol. The number of carboxylic acid groups (broad SMARTS) is 1. The maximum Gasteiger partial charge on any atom is 0.304 e. The van der Waals surface area contributed by atoms with E-state index in [2.05, 4.69) is 9.71 Å². The molecule has 0 saturated heterocycles. The van der Waals surface area contributed by atoms with Crippen molar-refractivity contribution in [3.63, 3.8) is 0 Å². The Balaban J connectivity index is 1.87. The molecule has 6 nitrogen and oxygen atoms in total. The number of aromatic nitrogens is 1. The number of benzene rings is 2. The highest BCUT2D eigenvalue weighted by Crippen LogP contribution is 2.39. The first-order chi connectivity index (χ1) is 14.3. The predicted molar refractivity (Wildman–Crippen MR) is 118 cm³/mol. The van der Waals surface area contributed by atoms with E-state index in [1.165, 1.54) is 0 Å². The number of nitrogens with zero attached hydrogens (tertiary/aromatic N) is 1. The summed E-state index contributed by atoms with van der Waals surface area (Å²) in [5.41, 5.74) is 5.36. The van der Waals surface area contributed by atoms with Crippen molar-refractivity contribution >= 4 is 33.8 Å². The third kappa shape index (κ3) is 4.26. The molecule has 4 rings (SSSR count). The van der Waals surface area contributed by atoms with Crippen LogP contribution in [-0.2, 0) is 14.8 Å². The van der Waals surface area contributed by atoms with Gasteiger partial charge in [0.25, 0.3) is 0 Å². The van der Waals surface area contributed by atoms with Crippen LogP contribution in [0.5, 0.6) is 0 Å². The van der Waals surface area contributed by atoms with Crippen LogP contribution < -0.4 is 4.72 Å². The van der Waals surface area contributed by atoms with Crippen molar-refractivity contribution in [2.75, 3.05) is 11.0 Å². The summed E-state index contributed by atoms with van der Waals surface area (Å²) in [4.78, 5) is 16.3. The second-order valence-corrected chi connectivity index (χ2v) is 9.01. The summed E-state index contributed by atoms with van der Waals surface area (Å²) in [5, 5.41) is 9.60. The van der Waals surface area contributed by atoms with Gasteiger partial charge in [-0.2, -0.15) is 0 Å². The third-order valence-electron chi connectivity index (χ3n) is 5.00. The molecule has 1 heterocycles. The fraction of sp³-hybridized carbons (Fsp3) is 0.130. The smallest absolute Gasteiger partial charge is 0.304 e. The molecule has 1 atom stereocenters. The van der Waals surface area contributed by atoms with Crippen LogP contribution in [0.3, 0.4) is 0 Å². The highest BCUT2D eigenvalue weighted by atomic mass is 32.2. The molecule has 0 spiro atoms. The summed E-state index contributed by atoms with van der Waals surface area (Å²) in [6, 6.07) is 16.9. The van der Waals surface area contributed by atoms with Crippen molar-refractivity contribution < 1.29 is 18.3 Å². The number of hydrogen-bond acceptors (Lipinski definition) is 4. The Kier molecular flexibility index (Phi) is 5.13. The number of carboxylic acids is 1. The largest absolute Gasteiger partial charge is 0.481 e. The van der Waals surface area contributed by atoms with E-state index >= 15 is 0 Å². The molecule has 3 aromatic rings. The van der Waals surface area contributed by atoms with Crippen molar-refractivity contribution in [3.8, 4) is 11.1 Å². The van der Waals surface area contributed by atoms with Crippen LogP contribution in [0.25, 0.3) is 23.3 Å². The number of pyridine rings is 1. The minimum absolute atomic E-state index is 0.135. The van der Waals surface area contributed by atoms with Gasteiger partial charge in [-0.15, -0.1) is 0 Å². The summed E-state index contributed by atoms with van der Waals surface area (Å²) in [6.07, 6.45) is 6.48. The summed E-state index contributed by atoms with van der Waals surface area (Å²) < 4.78 is 25.8. The van der Waals surface area contributed by atoms with Crippen LogP contribution in [0.1, 0.15) is 34.7 Å². The quantitative estimate of drug-likeness (QED) is 0.645. The van der Waals surface area contributed by atoms with Gasteiger partial charge in [-0.1, -0.05) is 42.5 Å². The van der Waals surface area contributed by atoms with E-state index in [0.29, 0.717) is 11.4 Å². The van der Waals surface area contributed by atoms with E-state index in [1.807, 2.05) is 48.6 Å². The van der Waals surface area contributed by atoms with Crippen LogP contribution in [0.4, 0.5) is 5.69 Å².